The molecule has 5 atom stereocenters. The summed E-state index contributed by atoms with van der Waals surface area (Å²) in [5, 5.41) is 38.1. The molecule has 126 valence electrons. The van der Waals surface area contributed by atoms with Crippen molar-refractivity contribution in [1.29, 1.82) is 0 Å². The molecule has 0 saturated carbocycles. The molecular weight excluding hydrogens is 276 g/mol. The number of hydrogen-bond donors (Lipinski definition) is 4. The molecule has 0 unspecified atom stereocenters. The Hall–Kier alpha value is -0.240. The summed E-state index contributed by atoms with van der Waals surface area (Å²) in [7, 11) is 0. The lowest BCUT2D eigenvalue weighted by Gasteiger charge is -2.39. The van der Waals surface area contributed by atoms with Crippen molar-refractivity contribution in [2.45, 2.75) is 82.6 Å². The van der Waals surface area contributed by atoms with Gasteiger partial charge in [0, 0.05) is 6.61 Å². The van der Waals surface area contributed by atoms with Gasteiger partial charge in [-0.05, 0) is 6.42 Å². The first-order valence-electron chi connectivity index (χ1n) is 8.04. The minimum atomic E-state index is -1.37. The first-order chi connectivity index (χ1) is 10.1. The average Bonchev–Trinajstić information content (AvgIpc) is 2.49. The van der Waals surface area contributed by atoms with Crippen molar-refractivity contribution in [3.8, 4) is 0 Å². The van der Waals surface area contributed by atoms with E-state index in [1.807, 2.05) is 0 Å². The van der Waals surface area contributed by atoms with E-state index in [1.165, 1.54) is 25.7 Å². The van der Waals surface area contributed by atoms with Crippen LogP contribution in [0, 0.1) is 0 Å². The molecule has 4 N–H and O–H groups in total. The molecular formula is C15H30O6. The summed E-state index contributed by atoms with van der Waals surface area (Å²) in [6, 6.07) is 0. The van der Waals surface area contributed by atoms with Crippen LogP contribution in [0.2, 0.25) is 0 Å². The maximum Gasteiger partial charge on any atom is 0.186 e. The first-order valence-corrected chi connectivity index (χ1v) is 8.04. The normalized spacial score (nSPS) is 33.3. The van der Waals surface area contributed by atoms with E-state index in [4.69, 9.17) is 14.6 Å². The van der Waals surface area contributed by atoms with Gasteiger partial charge in [0.05, 0.1) is 6.61 Å². The highest BCUT2D eigenvalue weighted by molar-refractivity contribution is 4.88. The molecule has 21 heavy (non-hydrogen) atoms. The van der Waals surface area contributed by atoms with Crippen LogP contribution < -0.4 is 0 Å². The molecule has 1 aliphatic heterocycles. The van der Waals surface area contributed by atoms with Crippen LogP contribution in [0.5, 0.6) is 0 Å². The highest BCUT2D eigenvalue weighted by Gasteiger charge is 2.43. The van der Waals surface area contributed by atoms with E-state index in [0.29, 0.717) is 6.61 Å². The van der Waals surface area contributed by atoms with Crippen LogP contribution in [0.25, 0.3) is 0 Å². The summed E-state index contributed by atoms with van der Waals surface area (Å²) >= 11 is 0. The van der Waals surface area contributed by atoms with Gasteiger partial charge in [-0.25, -0.2) is 0 Å². The summed E-state index contributed by atoms with van der Waals surface area (Å²) in [5.74, 6) is 0. The van der Waals surface area contributed by atoms with Crippen LogP contribution in [0.3, 0.4) is 0 Å². The second-order valence-corrected chi connectivity index (χ2v) is 5.69. The van der Waals surface area contributed by atoms with E-state index >= 15 is 0 Å². The Kier molecular flexibility index (Phi) is 9.39. The van der Waals surface area contributed by atoms with Crippen LogP contribution >= 0.6 is 0 Å². The van der Waals surface area contributed by atoms with Crippen molar-refractivity contribution in [1.82, 2.24) is 0 Å². The lowest BCUT2D eigenvalue weighted by atomic mass is 9.99. The molecule has 0 spiro atoms. The Morgan fingerprint density at radius 2 is 1.48 bits per heavy atom. The van der Waals surface area contributed by atoms with Crippen LogP contribution in [-0.4, -0.2) is 64.3 Å². The van der Waals surface area contributed by atoms with Gasteiger partial charge in [-0.15, -0.1) is 0 Å². The van der Waals surface area contributed by atoms with E-state index in [2.05, 4.69) is 6.92 Å². The Bertz CT molecular complexity index is 261. The predicted octanol–water partition coefficient (Wildman–Crippen LogP) is 0.553. The summed E-state index contributed by atoms with van der Waals surface area (Å²) in [5.41, 5.74) is 0. The van der Waals surface area contributed by atoms with Crippen molar-refractivity contribution >= 4 is 0 Å². The SMILES string of the molecule is CCCCCCCCCO[C@H]1O[C@H](CO)[C@@H](O)[C@@H](O)[C@H]1O. The fraction of sp³-hybridized carbons (Fsp3) is 1.00. The molecule has 0 aromatic rings. The van der Waals surface area contributed by atoms with Gasteiger partial charge >= 0.3 is 0 Å². The van der Waals surface area contributed by atoms with Crippen LogP contribution in [-0.2, 0) is 9.47 Å². The monoisotopic (exact) mass is 306 g/mol. The van der Waals surface area contributed by atoms with Gasteiger partial charge < -0.3 is 29.9 Å². The smallest absolute Gasteiger partial charge is 0.186 e. The zero-order valence-corrected chi connectivity index (χ0v) is 12.9. The Balaban J connectivity index is 2.16. The van der Waals surface area contributed by atoms with E-state index < -0.39 is 37.3 Å². The lowest BCUT2D eigenvalue weighted by molar-refractivity contribution is -0.301. The Labute approximate surface area is 126 Å². The number of unbranched alkanes of at least 4 members (excludes halogenated alkanes) is 6. The highest BCUT2D eigenvalue weighted by atomic mass is 16.7. The van der Waals surface area contributed by atoms with Gasteiger partial charge in [0.1, 0.15) is 24.4 Å². The fourth-order valence-corrected chi connectivity index (χ4v) is 2.46. The van der Waals surface area contributed by atoms with Gasteiger partial charge in [-0.1, -0.05) is 45.4 Å². The molecule has 1 saturated heterocycles. The first kappa shape index (κ1) is 18.8. The number of aliphatic hydroxyl groups is 4. The fourth-order valence-electron chi connectivity index (χ4n) is 2.46. The van der Waals surface area contributed by atoms with Gasteiger partial charge in [0.15, 0.2) is 6.29 Å². The van der Waals surface area contributed by atoms with E-state index in [1.54, 1.807) is 0 Å². The zero-order chi connectivity index (χ0) is 15.7. The molecule has 1 heterocycles. The molecule has 0 aliphatic carbocycles. The van der Waals surface area contributed by atoms with Crippen molar-refractivity contribution in [3.63, 3.8) is 0 Å². The molecule has 0 radical (unpaired) electrons. The van der Waals surface area contributed by atoms with E-state index in [0.717, 1.165) is 19.3 Å². The van der Waals surface area contributed by atoms with Crippen molar-refractivity contribution in [2.24, 2.45) is 0 Å². The quantitative estimate of drug-likeness (QED) is 0.440. The minimum absolute atomic E-state index is 0.427. The summed E-state index contributed by atoms with van der Waals surface area (Å²) in [6.45, 7) is 2.19. The third kappa shape index (κ3) is 6.18. The zero-order valence-electron chi connectivity index (χ0n) is 12.9. The molecule has 0 aromatic carbocycles. The van der Waals surface area contributed by atoms with E-state index in [-0.39, 0.29) is 0 Å². The van der Waals surface area contributed by atoms with Gasteiger partial charge in [-0.3, -0.25) is 0 Å². The second kappa shape index (κ2) is 10.5. The molecule has 1 aliphatic rings. The minimum Gasteiger partial charge on any atom is -0.394 e. The summed E-state index contributed by atoms with van der Waals surface area (Å²) in [4.78, 5) is 0. The maximum atomic E-state index is 9.78. The second-order valence-electron chi connectivity index (χ2n) is 5.69. The summed E-state index contributed by atoms with van der Waals surface area (Å²) < 4.78 is 10.7. The van der Waals surface area contributed by atoms with Crippen LogP contribution in [0.1, 0.15) is 51.9 Å². The highest BCUT2D eigenvalue weighted by Crippen LogP contribution is 2.22. The largest absolute Gasteiger partial charge is 0.394 e. The van der Waals surface area contributed by atoms with Gasteiger partial charge in [-0.2, -0.15) is 0 Å². The topological polar surface area (TPSA) is 99.4 Å². The molecule has 1 fully saturated rings. The van der Waals surface area contributed by atoms with Gasteiger partial charge in [0.25, 0.3) is 0 Å². The third-order valence-electron chi connectivity index (χ3n) is 3.88. The predicted molar refractivity (Wildman–Crippen MR) is 77.7 cm³/mol. The maximum absolute atomic E-state index is 9.78. The Morgan fingerprint density at radius 1 is 0.857 bits per heavy atom. The van der Waals surface area contributed by atoms with Crippen molar-refractivity contribution in [3.05, 3.63) is 0 Å². The molecule has 1 rings (SSSR count). The third-order valence-corrected chi connectivity index (χ3v) is 3.88. The number of hydrogen-bond acceptors (Lipinski definition) is 6. The van der Waals surface area contributed by atoms with Gasteiger partial charge in [0.2, 0.25) is 0 Å². The molecule has 0 aromatic heterocycles. The molecule has 6 heteroatoms. The molecule has 0 bridgehead atoms. The number of rotatable bonds is 10. The standard InChI is InChI=1S/C15H30O6/c1-2-3-4-5-6-7-8-9-20-15-14(19)13(18)12(17)11(10-16)21-15/h11-19H,2-10H2,1H3/t11-,12-,13-,14-,15+/m1/s1. The van der Waals surface area contributed by atoms with Crippen molar-refractivity contribution in [2.75, 3.05) is 13.2 Å². The molecule has 6 nitrogen and oxygen atoms in total. The van der Waals surface area contributed by atoms with E-state index in [9.17, 15) is 15.3 Å². The lowest BCUT2D eigenvalue weighted by Crippen LogP contribution is -2.59. The van der Waals surface area contributed by atoms with Crippen LogP contribution in [0.15, 0.2) is 0 Å². The van der Waals surface area contributed by atoms with Crippen LogP contribution in [0.4, 0.5) is 0 Å². The molecule has 0 amide bonds. The average molecular weight is 306 g/mol. The van der Waals surface area contributed by atoms with Crippen molar-refractivity contribution < 1.29 is 29.9 Å². The number of ether oxygens (including phenoxy) is 2. The summed E-state index contributed by atoms with van der Waals surface area (Å²) in [6.07, 6.45) is 2.20. The number of aliphatic hydroxyl groups excluding tert-OH is 4. The Morgan fingerprint density at radius 3 is 2.10 bits per heavy atom.